The standard InChI is InChI=1S/C22H25N5O9/c1-12-14-6-5-13(25-26-23)8-17(14)36-22(35)15(12)9-18(28)24-7-3-2-4-16(21(33)34)27(10-19(29)30)11-20(31)32/h5-6,8,16H,2-4,7,9-11H2,1H3,(H,24,28)(H,29,30)(H,31,32)(H,33,34). The van der Waals surface area contributed by atoms with Crippen molar-refractivity contribution in [2.24, 2.45) is 5.11 Å². The monoisotopic (exact) mass is 503 g/mol. The molecule has 0 aliphatic rings. The first-order chi connectivity index (χ1) is 17.0. The smallest absolute Gasteiger partial charge is 0.340 e. The number of nitrogens with zero attached hydrogens (tertiary/aromatic N) is 4. The lowest BCUT2D eigenvalue weighted by atomic mass is 10.0. The molecular formula is C22H25N5O9. The van der Waals surface area contributed by atoms with E-state index in [-0.39, 0.29) is 42.6 Å². The largest absolute Gasteiger partial charge is 0.480 e. The van der Waals surface area contributed by atoms with E-state index in [0.29, 0.717) is 17.4 Å². The third kappa shape index (κ3) is 7.82. The molecule has 0 spiro atoms. The van der Waals surface area contributed by atoms with Crippen molar-refractivity contribution in [3.05, 3.63) is 50.2 Å². The molecule has 0 aliphatic carbocycles. The van der Waals surface area contributed by atoms with Crippen molar-refractivity contribution in [3.8, 4) is 0 Å². The number of carbonyl (C=O) groups is 4. The molecule has 2 aromatic rings. The van der Waals surface area contributed by atoms with Gasteiger partial charge >= 0.3 is 23.5 Å². The number of fused-ring (bicyclic) bond motifs is 1. The molecule has 0 saturated carbocycles. The molecule has 1 aromatic heterocycles. The van der Waals surface area contributed by atoms with Crippen LogP contribution in [-0.4, -0.2) is 69.7 Å². The third-order valence-electron chi connectivity index (χ3n) is 5.40. The molecule has 2 rings (SSSR count). The molecule has 36 heavy (non-hydrogen) atoms. The summed E-state index contributed by atoms with van der Waals surface area (Å²) in [6, 6.07) is 3.29. The summed E-state index contributed by atoms with van der Waals surface area (Å²) in [5.41, 5.74) is 9.05. The summed E-state index contributed by atoms with van der Waals surface area (Å²) in [5, 5.41) is 33.9. The number of benzene rings is 1. The highest BCUT2D eigenvalue weighted by Gasteiger charge is 2.28. The molecule has 192 valence electrons. The summed E-state index contributed by atoms with van der Waals surface area (Å²) in [6.45, 7) is 0.360. The van der Waals surface area contributed by atoms with Crippen LogP contribution in [0.4, 0.5) is 5.69 Å². The predicted octanol–water partition coefficient (Wildman–Crippen LogP) is 1.80. The molecule has 1 aromatic carbocycles. The van der Waals surface area contributed by atoms with Crippen molar-refractivity contribution in [2.45, 2.75) is 38.6 Å². The van der Waals surface area contributed by atoms with E-state index in [0.717, 1.165) is 4.90 Å². The van der Waals surface area contributed by atoms with Gasteiger partial charge in [-0.3, -0.25) is 24.1 Å². The Bertz CT molecular complexity index is 1250. The van der Waals surface area contributed by atoms with Gasteiger partial charge in [0.2, 0.25) is 5.91 Å². The van der Waals surface area contributed by atoms with Crippen LogP contribution < -0.4 is 10.9 Å². The van der Waals surface area contributed by atoms with E-state index < -0.39 is 48.6 Å². The summed E-state index contributed by atoms with van der Waals surface area (Å²) < 4.78 is 5.27. The van der Waals surface area contributed by atoms with Gasteiger partial charge in [-0.1, -0.05) is 17.2 Å². The van der Waals surface area contributed by atoms with Crippen molar-refractivity contribution in [3.63, 3.8) is 0 Å². The first kappa shape index (κ1) is 27.8. The number of carboxylic acid groups (broad SMARTS) is 3. The highest BCUT2D eigenvalue weighted by atomic mass is 16.4. The second-order valence-corrected chi connectivity index (χ2v) is 7.93. The van der Waals surface area contributed by atoms with Gasteiger partial charge in [0.05, 0.1) is 25.1 Å². The number of hydrogen-bond acceptors (Lipinski definition) is 8. The molecule has 1 heterocycles. The second-order valence-electron chi connectivity index (χ2n) is 7.93. The number of nitrogens with one attached hydrogen (secondary N) is 1. The zero-order valence-electron chi connectivity index (χ0n) is 19.3. The van der Waals surface area contributed by atoms with Crippen LogP contribution in [0.3, 0.4) is 0 Å². The fourth-order valence-electron chi connectivity index (χ4n) is 3.70. The SMILES string of the molecule is Cc1c(CC(=O)NCCCCC(C(=O)O)N(CC(=O)O)CC(=O)O)c(=O)oc2cc(N=[N+]=[N-])ccc12. The van der Waals surface area contributed by atoms with Crippen molar-refractivity contribution < 1.29 is 38.9 Å². The summed E-state index contributed by atoms with van der Waals surface area (Å²) in [6.07, 6.45) is 0.358. The zero-order valence-corrected chi connectivity index (χ0v) is 19.3. The Kier molecular flexibility index (Phi) is 9.95. The molecule has 0 aliphatic heterocycles. The van der Waals surface area contributed by atoms with E-state index in [9.17, 15) is 29.1 Å². The topological polar surface area (TPSA) is 223 Å². The van der Waals surface area contributed by atoms with Gasteiger partial charge in [-0.25, -0.2) is 4.79 Å². The highest BCUT2D eigenvalue weighted by molar-refractivity contribution is 5.86. The van der Waals surface area contributed by atoms with Crippen LogP contribution in [0.25, 0.3) is 21.4 Å². The molecule has 14 heteroatoms. The molecule has 1 amide bonds. The molecule has 0 bridgehead atoms. The maximum Gasteiger partial charge on any atom is 0.340 e. The molecule has 1 unspecified atom stereocenters. The van der Waals surface area contributed by atoms with Crippen LogP contribution in [0.2, 0.25) is 0 Å². The number of aliphatic carboxylic acids is 3. The average molecular weight is 503 g/mol. The fourth-order valence-corrected chi connectivity index (χ4v) is 3.70. The first-order valence-corrected chi connectivity index (χ1v) is 10.8. The summed E-state index contributed by atoms with van der Waals surface area (Å²) in [5.74, 6) is -4.49. The Labute approximate surface area is 203 Å². The second kappa shape index (κ2) is 12.9. The van der Waals surface area contributed by atoms with Crippen LogP contribution in [0.1, 0.15) is 30.4 Å². The van der Waals surface area contributed by atoms with E-state index in [2.05, 4.69) is 15.3 Å². The Morgan fingerprint density at radius 1 is 1.14 bits per heavy atom. The van der Waals surface area contributed by atoms with E-state index in [1.807, 2.05) is 0 Å². The van der Waals surface area contributed by atoms with E-state index in [4.69, 9.17) is 20.2 Å². The highest BCUT2D eigenvalue weighted by Crippen LogP contribution is 2.24. The number of carboxylic acids is 3. The van der Waals surface area contributed by atoms with Gasteiger partial charge in [0.1, 0.15) is 11.6 Å². The number of aryl methyl sites for hydroxylation is 1. The van der Waals surface area contributed by atoms with E-state index in [1.54, 1.807) is 19.1 Å². The summed E-state index contributed by atoms with van der Waals surface area (Å²) >= 11 is 0. The van der Waals surface area contributed by atoms with Crippen molar-refractivity contribution >= 4 is 40.5 Å². The molecule has 4 N–H and O–H groups in total. The summed E-state index contributed by atoms with van der Waals surface area (Å²) in [7, 11) is 0. The quantitative estimate of drug-likeness (QED) is 0.0961. The van der Waals surface area contributed by atoms with Crippen LogP contribution in [0.5, 0.6) is 0 Å². The number of hydrogen-bond donors (Lipinski definition) is 4. The van der Waals surface area contributed by atoms with E-state index >= 15 is 0 Å². The third-order valence-corrected chi connectivity index (χ3v) is 5.40. The van der Waals surface area contributed by atoms with Crippen LogP contribution in [-0.2, 0) is 25.6 Å². The normalized spacial score (nSPS) is 11.6. The van der Waals surface area contributed by atoms with Gasteiger partial charge in [0, 0.05) is 22.5 Å². The van der Waals surface area contributed by atoms with Gasteiger partial charge in [0.25, 0.3) is 0 Å². The Balaban J connectivity index is 1.95. The lowest BCUT2D eigenvalue weighted by molar-refractivity contribution is -0.149. The Morgan fingerprint density at radius 2 is 1.81 bits per heavy atom. The number of rotatable bonds is 14. The molecule has 14 nitrogen and oxygen atoms in total. The molecule has 1 atom stereocenters. The first-order valence-electron chi connectivity index (χ1n) is 10.8. The fraction of sp³-hybridized carbons (Fsp3) is 0.409. The number of carbonyl (C=O) groups excluding carboxylic acids is 1. The molecular weight excluding hydrogens is 478 g/mol. The molecule has 0 radical (unpaired) electrons. The van der Waals surface area contributed by atoms with Gasteiger partial charge in [0.15, 0.2) is 0 Å². The lowest BCUT2D eigenvalue weighted by Gasteiger charge is -2.25. The van der Waals surface area contributed by atoms with E-state index in [1.165, 1.54) is 6.07 Å². The lowest BCUT2D eigenvalue weighted by Crippen LogP contribution is -2.46. The minimum atomic E-state index is -1.35. The zero-order chi connectivity index (χ0) is 26.8. The minimum absolute atomic E-state index is 0.0169. The Morgan fingerprint density at radius 3 is 2.39 bits per heavy atom. The predicted molar refractivity (Wildman–Crippen MR) is 125 cm³/mol. The van der Waals surface area contributed by atoms with Gasteiger partial charge in [-0.15, -0.1) is 0 Å². The van der Waals surface area contributed by atoms with Crippen molar-refractivity contribution in [2.75, 3.05) is 19.6 Å². The van der Waals surface area contributed by atoms with Crippen molar-refractivity contribution in [1.82, 2.24) is 10.2 Å². The number of unbranched alkanes of at least 4 members (excludes halogenated alkanes) is 1. The maximum atomic E-state index is 12.4. The van der Waals surface area contributed by atoms with Crippen molar-refractivity contribution in [1.29, 1.82) is 0 Å². The minimum Gasteiger partial charge on any atom is -0.480 e. The van der Waals surface area contributed by atoms with Gasteiger partial charge in [-0.2, -0.15) is 0 Å². The average Bonchev–Trinajstić information content (AvgIpc) is 2.77. The van der Waals surface area contributed by atoms with Crippen LogP contribution >= 0.6 is 0 Å². The Hall–Kier alpha value is -4.42. The van der Waals surface area contributed by atoms with Crippen LogP contribution in [0, 0.1) is 6.92 Å². The number of amides is 1. The maximum absolute atomic E-state index is 12.4. The molecule has 0 fully saturated rings. The van der Waals surface area contributed by atoms with Gasteiger partial charge in [-0.05, 0) is 43.3 Å². The number of azide groups is 1. The van der Waals surface area contributed by atoms with Gasteiger partial charge < -0.3 is 25.1 Å². The summed E-state index contributed by atoms with van der Waals surface area (Å²) in [4.78, 5) is 61.7. The van der Waals surface area contributed by atoms with Crippen LogP contribution in [0.15, 0.2) is 32.5 Å². The molecule has 0 saturated heterocycles.